The second-order valence-electron chi connectivity index (χ2n) is 13.9. The molecule has 0 radical (unpaired) electrons. The first-order valence-electron chi connectivity index (χ1n) is 17.4. The number of fused-ring (bicyclic) bond motifs is 5. The lowest BCUT2D eigenvalue weighted by Gasteiger charge is -2.42. The van der Waals surface area contributed by atoms with E-state index >= 15 is 0 Å². The van der Waals surface area contributed by atoms with Crippen molar-refractivity contribution in [3.05, 3.63) is 59.3 Å². The van der Waals surface area contributed by atoms with E-state index in [1.807, 2.05) is 9.80 Å². The maximum atomic E-state index is 13.9. The second kappa shape index (κ2) is 15.3. The molecule has 9 nitrogen and oxygen atoms in total. The van der Waals surface area contributed by atoms with Gasteiger partial charge in [-0.05, 0) is 92.5 Å². The third kappa shape index (κ3) is 8.67. The molecule has 4 bridgehead atoms. The summed E-state index contributed by atoms with van der Waals surface area (Å²) in [4.78, 5) is 50.6. The molecule has 2 aromatic rings. The topological polar surface area (TPSA) is 95.1 Å². The first kappa shape index (κ1) is 34.2. The van der Waals surface area contributed by atoms with E-state index in [0.717, 1.165) is 63.0 Å². The van der Waals surface area contributed by atoms with E-state index in [2.05, 4.69) is 15.2 Å². The average molecular weight is 670 g/mol. The maximum absolute atomic E-state index is 13.9. The molecule has 12 heteroatoms. The van der Waals surface area contributed by atoms with Crippen LogP contribution in [-0.2, 0) is 22.3 Å². The van der Waals surface area contributed by atoms with E-state index in [9.17, 15) is 27.6 Å². The number of halogens is 3. The van der Waals surface area contributed by atoms with E-state index in [-0.39, 0.29) is 47.1 Å². The lowest BCUT2D eigenvalue weighted by Crippen LogP contribution is -2.47. The number of carbonyl (C=O) groups excluding carboxylic acids is 3. The van der Waals surface area contributed by atoms with Crippen LogP contribution in [0.1, 0.15) is 73.0 Å². The van der Waals surface area contributed by atoms with Crippen LogP contribution in [0.2, 0.25) is 0 Å². The quantitative estimate of drug-likeness (QED) is 0.492. The number of rotatable bonds is 4. The Labute approximate surface area is 280 Å². The van der Waals surface area contributed by atoms with E-state index in [4.69, 9.17) is 4.74 Å². The van der Waals surface area contributed by atoms with Gasteiger partial charge in [0.15, 0.2) is 0 Å². The van der Waals surface area contributed by atoms with Crippen molar-refractivity contribution in [3.63, 3.8) is 0 Å². The summed E-state index contributed by atoms with van der Waals surface area (Å²) in [6.45, 7) is 5.58. The first-order valence-corrected chi connectivity index (χ1v) is 17.4. The van der Waals surface area contributed by atoms with Crippen molar-refractivity contribution < 1.29 is 32.3 Å². The Morgan fingerprint density at radius 2 is 1.69 bits per heavy atom. The van der Waals surface area contributed by atoms with Gasteiger partial charge in [-0.25, -0.2) is 4.98 Å². The Morgan fingerprint density at radius 3 is 2.46 bits per heavy atom. The molecule has 6 rings (SSSR count). The van der Waals surface area contributed by atoms with Crippen molar-refractivity contribution in [2.45, 2.75) is 64.1 Å². The summed E-state index contributed by atoms with van der Waals surface area (Å²) in [5.41, 5.74) is 0.415. The normalized spacial score (nSPS) is 26.3. The van der Waals surface area contributed by atoms with Crippen LogP contribution in [0.25, 0.3) is 0 Å². The summed E-state index contributed by atoms with van der Waals surface area (Å²) < 4.78 is 45.3. The highest BCUT2D eigenvalue weighted by Crippen LogP contribution is 2.35. The molecular weight excluding hydrogens is 623 g/mol. The number of benzene rings is 1. The van der Waals surface area contributed by atoms with Gasteiger partial charge in [0.05, 0.1) is 12.2 Å². The SMILES string of the molecule is O=C1NCC[C@H]2CN(Cc3ccc(C(F)(F)F)cc3)CC[C@H]2CC(=O)N2CC[C@@H](CC(=O)N3CCCC3)[C@@H](CCOc3cccc1n3)C2. The van der Waals surface area contributed by atoms with Crippen molar-refractivity contribution in [2.24, 2.45) is 23.7 Å². The molecule has 0 saturated carbocycles. The average Bonchev–Trinajstić information content (AvgIpc) is 3.62. The summed E-state index contributed by atoms with van der Waals surface area (Å²) in [5, 5.41) is 2.99. The molecule has 3 amide bonds. The molecule has 0 spiro atoms. The summed E-state index contributed by atoms with van der Waals surface area (Å²) in [6, 6.07) is 10.4. The molecule has 5 heterocycles. The van der Waals surface area contributed by atoms with Crippen molar-refractivity contribution >= 4 is 17.7 Å². The van der Waals surface area contributed by atoms with Crippen molar-refractivity contribution in [1.29, 1.82) is 0 Å². The number of likely N-dealkylation sites (tertiary alicyclic amines) is 2. The van der Waals surface area contributed by atoms with Gasteiger partial charge >= 0.3 is 6.18 Å². The zero-order valence-electron chi connectivity index (χ0n) is 27.4. The zero-order chi connectivity index (χ0) is 33.7. The van der Waals surface area contributed by atoms with Gasteiger partial charge in [0.1, 0.15) is 5.69 Å². The molecule has 3 saturated heterocycles. The lowest BCUT2D eigenvalue weighted by molar-refractivity contribution is -0.138. The number of ether oxygens (including phenoxy) is 1. The van der Waals surface area contributed by atoms with Gasteiger partial charge < -0.3 is 19.9 Å². The predicted molar refractivity (Wildman–Crippen MR) is 173 cm³/mol. The van der Waals surface area contributed by atoms with Crippen molar-refractivity contribution in [2.75, 3.05) is 52.4 Å². The minimum Gasteiger partial charge on any atom is -0.478 e. The Bertz CT molecular complexity index is 1430. The largest absolute Gasteiger partial charge is 0.478 e. The molecule has 4 atom stereocenters. The fourth-order valence-electron chi connectivity index (χ4n) is 7.93. The summed E-state index contributed by atoms with van der Waals surface area (Å²) in [5.74, 6) is 0.903. The standard InChI is InChI=1S/C36H46F3N5O4/c37-36(38,39)30-8-6-25(7-9-30)22-42-17-11-26-21-34(46)44-18-12-27(20-33(45)43-15-1-2-16-43)29(24-44)13-19-48-32-5-3-4-31(41-32)35(47)40-14-10-28(26)23-42/h3-9,26-29H,1-2,10-24H2,(H,40,47)/t26-,27-,28-,29-/m0/s1. The third-order valence-corrected chi connectivity index (χ3v) is 10.7. The smallest absolute Gasteiger partial charge is 0.416 e. The summed E-state index contributed by atoms with van der Waals surface area (Å²) in [7, 11) is 0. The van der Waals surface area contributed by atoms with Gasteiger partial charge in [0.25, 0.3) is 5.91 Å². The van der Waals surface area contributed by atoms with Crippen LogP contribution < -0.4 is 10.1 Å². The maximum Gasteiger partial charge on any atom is 0.416 e. The number of alkyl halides is 3. The van der Waals surface area contributed by atoms with E-state index in [0.29, 0.717) is 70.9 Å². The third-order valence-electron chi connectivity index (χ3n) is 10.7. The molecular formula is C36H46F3N5O4. The lowest BCUT2D eigenvalue weighted by atomic mass is 9.79. The number of hydrogen-bond acceptors (Lipinski definition) is 6. The van der Waals surface area contributed by atoms with E-state index in [1.165, 1.54) is 12.1 Å². The van der Waals surface area contributed by atoms with Crippen LogP contribution >= 0.6 is 0 Å². The highest BCUT2D eigenvalue weighted by atomic mass is 19.4. The molecule has 0 unspecified atom stereocenters. The molecule has 3 fully saturated rings. The molecule has 0 aliphatic carbocycles. The second-order valence-corrected chi connectivity index (χ2v) is 13.9. The fourth-order valence-corrected chi connectivity index (χ4v) is 7.93. The molecule has 4 aliphatic heterocycles. The van der Waals surface area contributed by atoms with Crippen LogP contribution in [0.4, 0.5) is 13.2 Å². The summed E-state index contributed by atoms with van der Waals surface area (Å²) in [6.07, 6.45) is 1.52. The van der Waals surface area contributed by atoms with Crippen molar-refractivity contribution in [3.8, 4) is 5.88 Å². The summed E-state index contributed by atoms with van der Waals surface area (Å²) >= 11 is 0. The zero-order valence-corrected chi connectivity index (χ0v) is 27.4. The van der Waals surface area contributed by atoms with Gasteiger partial charge in [0.2, 0.25) is 17.7 Å². The highest BCUT2D eigenvalue weighted by molar-refractivity contribution is 5.92. The molecule has 4 aliphatic rings. The molecule has 1 N–H and O–H groups in total. The van der Waals surface area contributed by atoms with Crippen molar-refractivity contribution in [1.82, 2.24) is 25.0 Å². The minimum absolute atomic E-state index is 0.109. The Kier molecular flexibility index (Phi) is 10.9. The number of nitrogens with zero attached hydrogens (tertiary/aromatic N) is 4. The minimum atomic E-state index is -4.37. The van der Waals surface area contributed by atoms with Gasteiger partial charge in [-0.3, -0.25) is 19.3 Å². The molecule has 260 valence electrons. The molecule has 1 aromatic heterocycles. The monoisotopic (exact) mass is 669 g/mol. The van der Waals surface area contributed by atoms with Crippen LogP contribution in [0.15, 0.2) is 42.5 Å². The first-order chi connectivity index (χ1) is 23.1. The predicted octanol–water partition coefficient (Wildman–Crippen LogP) is 5.01. The number of hydrogen-bond donors (Lipinski definition) is 1. The van der Waals surface area contributed by atoms with E-state index < -0.39 is 11.7 Å². The van der Waals surface area contributed by atoms with Gasteiger partial charge in [-0.1, -0.05) is 18.2 Å². The molecule has 48 heavy (non-hydrogen) atoms. The molecule has 1 aromatic carbocycles. The van der Waals surface area contributed by atoms with Crippen LogP contribution in [0.3, 0.4) is 0 Å². The number of nitrogens with one attached hydrogen (secondary N) is 1. The number of piperidine rings is 2. The number of pyridine rings is 1. The Morgan fingerprint density at radius 1 is 0.896 bits per heavy atom. The number of aromatic nitrogens is 1. The van der Waals surface area contributed by atoms with Gasteiger partial charge in [-0.15, -0.1) is 0 Å². The number of carbonyl (C=O) groups is 3. The fraction of sp³-hybridized carbons (Fsp3) is 0.611. The van der Waals surface area contributed by atoms with Crippen LogP contribution in [-0.4, -0.2) is 89.8 Å². The number of amides is 3. The highest BCUT2D eigenvalue weighted by Gasteiger charge is 2.37. The Hall–Kier alpha value is -3.67. The van der Waals surface area contributed by atoms with Gasteiger partial charge in [0, 0.05) is 64.7 Å². The van der Waals surface area contributed by atoms with E-state index in [1.54, 1.807) is 18.2 Å². The van der Waals surface area contributed by atoms with Gasteiger partial charge in [-0.2, -0.15) is 13.2 Å². The van der Waals surface area contributed by atoms with Crippen LogP contribution in [0.5, 0.6) is 5.88 Å². The Balaban J connectivity index is 1.16. The van der Waals surface area contributed by atoms with Crippen LogP contribution in [0, 0.1) is 23.7 Å².